The van der Waals surface area contributed by atoms with Gasteiger partial charge >= 0.3 is 12.2 Å². The fourth-order valence-electron chi connectivity index (χ4n) is 2.50. The molecule has 7 heteroatoms. The SMILES string of the molecule is Cc1c(NC(=O)N(CCCCO)C2CC2)cccc1C(F)(F)F. The number of benzene rings is 1. The number of urea groups is 1. The molecule has 1 fully saturated rings. The van der Waals surface area contributed by atoms with Crippen molar-refractivity contribution in [1.29, 1.82) is 0 Å². The van der Waals surface area contributed by atoms with E-state index in [0.717, 1.165) is 18.9 Å². The van der Waals surface area contributed by atoms with E-state index < -0.39 is 11.7 Å². The maximum absolute atomic E-state index is 12.9. The molecule has 0 saturated heterocycles. The van der Waals surface area contributed by atoms with Crippen LogP contribution in [0, 0.1) is 6.92 Å². The Balaban J connectivity index is 2.09. The van der Waals surface area contributed by atoms with E-state index >= 15 is 0 Å². The fourth-order valence-corrected chi connectivity index (χ4v) is 2.50. The molecule has 1 aromatic carbocycles. The van der Waals surface area contributed by atoms with Gasteiger partial charge in [-0.1, -0.05) is 6.07 Å². The van der Waals surface area contributed by atoms with Crippen molar-refractivity contribution in [2.75, 3.05) is 18.5 Å². The summed E-state index contributed by atoms with van der Waals surface area (Å²) in [7, 11) is 0. The van der Waals surface area contributed by atoms with Crippen LogP contribution in [0.2, 0.25) is 0 Å². The van der Waals surface area contributed by atoms with Crippen LogP contribution in [0.15, 0.2) is 18.2 Å². The minimum absolute atomic E-state index is 0.0134. The molecule has 0 atom stereocenters. The third kappa shape index (κ3) is 4.60. The molecule has 1 aromatic rings. The predicted octanol–water partition coefficient (Wildman–Crippen LogP) is 3.78. The number of alkyl halides is 3. The molecule has 0 radical (unpaired) electrons. The largest absolute Gasteiger partial charge is 0.416 e. The summed E-state index contributed by atoms with van der Waals surface area (Å²) in [5, 5.41) is 11.4. The highest BCUT2D eigenvalue weighted by molar-refractivity contribution is 5.90. The maximum Gasteiger partial charge on any atom is 0.416 e. The predicted molar refractivity (Wildman–Crippen MR) is 81.2 cm³/mol. The number of carbonyl (C=O) groups is 1. The third-order valence-electron chi connectivity index (χ3n) is 3.94. The van der Waals surface area contributed by atoms with Crippen LogP contribution < -0.4 is 5.32 Å². The highest BCUT2D eigenvalue weighted by atomic mass is 19.4. The molecule has 1 aliphatic rings. The van der Waals surface area contributed by atoms with Gasteiger partial charge in [0.1, 0.15) is 0 Å². The van der Waals surface area contributed by atoms with E-state index in [2.05, 4.69) is 5.32 Å². The Morgan fingerprint density at radius 1 is 1.35 bits per heavy atom. The van der Waals surface area contributed by atoms with Crippen LogP contribution in [-0.2, 0) is 6.18 Å². The Morgan fingerprint density at radius 3 is 2.61 bits per heavy atom. The normalized spacial score (nSPS) is 14.7. The first-order chi connectivity index (χ1) is 10.8. The number of nitrogens with zero attached hydrogens (tertiary/aromatic N) is 1. The smallest absolute Gasteiger partial charge is 0.396 e. The minimum atomic E-state index is -4.44. The molecule has 0 aromatic heterocycles. The molecule has 23 heavy (non-hydrogen) atoms. The number of halogens is 3. The summed E-state index contributed by atoms with van der Waals surface area (Å²) < 4.78 is 38.8. The van der Waals surface area contributed by atoms with Crippen molar-refractivity contribution in [3.8, 4) is 0 Å². The number of hydrogen-bond acceptors (Lipinski definition) is 2. The molecule has 2 N–H and O–H groups in total. The number of carbonyl (C=O) groups excluding carboxylic acids is 1. The summed E-state index contributed by atoms with van der Waals surface area (Å²) >= 11 is 0. The van der Waals surface area contributed by atoms with E-state index in [1.807, 2.05) is 0 Å². The summed E-state index contributed by atoms with van der Waals surface area (Å²) in [5.41, 5.74) is -0.550. The van der Waals surface area contributed by atoms with Gasteiger partial charge in [0.25, 0.3) is 0 Å². The summed E-state index contributed by atoms with van der Waals surface area (Å²) in [6.07, 6.45) is -1.36. The fraction of sp³-hybridized carbons (Fsp3) is 0.562. The van der Waals surface area contributed by atoms with Crippen LogP contribution >= 0.6 is 0 Å². The Morgan fingerprint density at radius 2 is 2.04 bits per heavy atom. The second-order valence-electron chi connectivity index (χ2n) is 5.76. The molecule has 0 spiro atoms. The minimum Gasteiger partial charge on any atom is -0.396 e. The van der Waals surface area contributed by atoms with Gasteiger partial charge in [0.05, 0.1) is 5.56 Å². The van der Waals surface area contributed by atoms with Crippen LogP contribution in [0.1, 0.15) is 36.8 Å². The lowest BCUT2D eigenvalue weighted by Crippen LogP contribution is -2.37. The summed E-state index contributed by atoms with van der Waals surface area (Å²) in [5.74, 6) is 0. The number of hydrogen-bond donors (Lipinski definition) is 2. The molecule has 0 unspecified atom stereocenters. The van der Waals surface area contributed by atoms with Gasteiger partial charge in [0, 0.05) is 24.9 Å². The average molecular weight is 330 g/mol. The van der Waals surface area contributed by atoms with E-state index in [1.165, 1.54) is 19.1 Å². The molecule has 2 rings (SSSR count). The van der Waals surface area contributed by atoms with E-state index in [-0.39, 0.29) is 29.9 Å². The first kappa shape index (κ1) is 17.6. The first-order valence-corrected chi connectivity index (χ1v) is 7.70. The lowest BCUT2D eigenvalue weighted by atomic mass is 10.1. The lowest BCUT2D eigenvalue weighted by molar-refractivity contribution is -0.138. The van der Waals surface area contributed by atoms with Crippen molar-refractivity contribution in [1.82, 2.24) is 4.90 Å². The topological polar surface area (TPSA) is 52.6 Å². The molecule has 0 heterocycles. The molecule has 128 valence electrons. The number of amides is 2. The summed E-state index contributed by atoms with van der Waals surface area (Å²) in [6.45, 7) is 1.91. The number of nitrogens with one attached hydrogen (secondary N) is 1. The van der Waals surface area contributed by atoms with Crippen LogP contribution in [0.3, 0.4) is 0 Å². The first-order valence-electron chi connectivity index (χ1n) is 7.70. The monoisotopic (exact) mass is 330 g/mol. The highest BCUT2D eigenvalue weighted by Gasteiger charge is 2.34. The zero-order chi connectivity index (χ0) is 17.0. The molecular weight excluding hydrogens is 309 g/mol. The van der Waals surface area contributed by atoms with E-state index in [1.54, 1.807) is 4.90 Å². The van der Waals surface area contributed by atoms with Crippen LogP contribution in [0.25, 0.3) is 0 Å². The lowest BCUT2D eigenvalue weighted by Gasteiger charge is -2.24. The quantitative estimate of drug-likeness (QED) is 0.780. The molecule has 0 bridgehead atoms. The van der Waals surface area contributed by atoms with Gasteiger partial charge in [-0.25, -0.2) is 4.79 Å². The van der Waals surface area contributed by atoms with Crippen LogP contribution in [0.5, 0.6) is 0 Å². The van der Waals surface area contributed by atoms with Gasteiger partial charge < -0.3 is 15.3 Å². The van der Waals surface area contributed by atoms with Gasteiger partial charge in [-0.15, -0.1) is 0 Å². The van der Waals surface area contributed by atoms with E-state index in [0.29, 0.717) is 19.4 Å². The average Bonchev–Trinajstić information content (AvgIpc) is 3.29. The number of unbranched alkanes of at least 4 members (excludes halogenated alkanes) is 1. The van der Waals surface area contributed by atoms with Gasteiger partial charge in [0.2, 0.25) is 0 Å². The standard InChI is InChI=1S/C16H21F3N2O2/c1-11-13(16(17,18)19)5-4-6-14(11)20-15(23)21(12-7-8-12)9-2-3-10-22/h4-6,12,22H,2-3,7-10H2,1H3,(H,20,23). The third-order valence-corrected chi connectivity index (χ3v) is 3.94. The molecule has 2 amide bonds. The van der Waals surface area contributed by atoms with Crippen molar-refractivity contribution in [2.24, 2.45) is 0 Å². The van der Waals surface area contributed by atoms with Gasteiger partial charge in [0.15, 0.2) is 0 Å². The Hall–Kier alpha value is -1.76. The van der Waals surface area contributed by atoms with E-state index in [4.69, 9.17) is 5.11 Å². The van der Waals surface area contributed by atoms with Crippen LogP contribution in [-0.4, -0.2) is 35.2 Å². The number of rotatable bonds is 6. The van der Waals surface area contributed by atoms with Gasteiger partial charge in [-0.2, -0.15) is 13.2 Å². The Labute approximate surface area is 133 Å². The zero-order valence-corrected chi connectivity index (χ0v) is 13.0. The Kier molecular flexibility index (Phi) is 5.51. The molecule has 1 aliphatic carbocycles. The molecule has 0 aliphatic heterocycles. The van der Waals surface area contributed by atoms with Crippen molar-refractivity contribution in [2.45, 2.75) is 44.8 Å². The second kappa shape index (κ2) is 7.21. The van der Waals surface area contributed by atoms with E-state index in [9.17, 15) is 18.0 Å². The molecular formula is C16H21F3N2O2. The van der Waals surface area contributed by atoms with Crippen molar-refractivity contribution in [3.05, 3.63) is 29.3 Å². The summed E-state index contributed by atoms with van der Waals surface area (Å²) in [4.78, 5) is 14.0. The van der Waals surface area contributed by atoms with Crippen molar-refractivity contribution >= 4 is 11.7 Å². The number of aliphatic hydroxyl groups excluding tert-OH is 1. The van der Waals surface area contributed by atoms with Crippen molar-refractivity contribution < 1.29 is 23.1 Å². The van der Waals surface area contributed by atoms with Gasteiger partial charge in [-0.3, -0.25) is 0 Å². The number of aliphatic hydroxyl groups is 1. The maximum atomic E-state index is 12.9. The van der Waals surface area contributed by atoms with Crippen LogP contribution in [0.4, 0.5) is 23.7 Å². The van der Waals surface area contributed by atoms with Crippen molar-refractivity contribution in [3.63, 3.8) is 0 Å². The second-order valence-corrected chi connectivity index (χ2v) is 5.76. The zero-order valence-electron chi connectivity index (χ0n) is 13.0. The molecule has 4 nitrogen and oxygen atoms in total. The Bertz CT molecular complexity index is 557. The molecule has 1 saturated carbocycles. The summed E-state index contributed by atoms with van der Waals surface area (Å²) in [6, 6.07) is 3.54. The van der Waals surface area contributed by atoms with Gasteiger partial charge in [-0.05, 0) is 50.3 Å². The number of anilines is 1. The highest BCUT2D eigenvalue weighted by Crippen LogP contribution is 2.35.